The van der Waals surface area contributed by atoms with Crippen molar-refractivity contribution in [2.24, 2.45) is 13.0 Å². The SMILES string of the molecule is CC1CCC(O)(CN(C)Cc2nnc(C3CC3)n2C)CC1. The van der Waals surface area contributed by atoms with Gasteiger partial charge in [-0.15, -0.1) is 10.2 Å². The van der Waals surface area contributed by atoms with E-state index in [4.69, 9.17) is 0 Å². The standard InChI is InChI=1S/C16H28N4O/c1-12-6-8-16(21,9-7-12)11-19(2)10-14-17-18-15(20(14)3)13-4-5-13/h12-13,21H,4-11H2,1-3H3. The van der Waals surface area contributed by atoms with Gasteiger partial charge in [0.05, 0.1) is 12.1 Å². The molecule has 21 heavy (non-hydrogen) atoms. The minimum Gasteiger partial charge on any atom is -0.389 e. The normalized spacial score (nSPS) is 30.0. The monoisotopic (exact) mass is 292 g/mol. The highest BCUT2D eigenvalue weighted by molar-refractivity contribution is 5.07. The zero-order chi connectivity index (χ0) is 15.0. The van der Waals surface area contributed by atoms with Gasteiger partial charge in [0.2, 0.25) is 0 Å². The topological polar surface area (TPSA) is 54.2 Å². The van der Waals surface area contributed by atoms with Gasteiger partial charge in [0.25, 0.3) is 0 Å². The molecule has 2 fully saturated rings. The van der Waals surface area contributed by atoms with Crippen LogP contribution in [0.15, 0.2) is 0 Å². The molecular formula is C16H28N4O. The molecule has 0 radical (unpaired) electrons. The third kappa shape index (κ3) is 3.46. The number of hydrogen-bond acceptors (Lipinski definition) is 4. The predicted octanol–water partition coefficient (Wildman–Crippen LogP) is 2.07. The molecule has 3 rings (SSSR count). The second-order valence-electron chi connectivity index (χ2n) is 7.39. The highest BCUT2D eigenvalue weighted by Crippen LogP contribution is 2.39. The molecule has 0 saturated heterocycles. The van der Waals surface area contributed by atoms with Crippen molar-refractivity contribution in [2.45, 2.75) is 63.5 Å². The number of rotatable bonds is 5. The molecule has 1 aromatic rings. The van der Waals surface area contributed by atoms with Gasteiger partial charge in [-0.3, -0.25) is 4.90 Å². The van der Waals surface area contributed by atoms with Crippen molar-refractivity contribution >= 4 is 0 Å². The van der Waals surface area contributed by atoms with E-state index in [1.165, 1.54) is 12.8 Å². The number of nitrogens with zero attached hydrogens (tertiary/aromatic N) is 4. The molecule has 0 amide bonds. The van der Waals surface area contributed by atoms with Gasteiger partial charge >= 0.3 is 0 Å². The minimum absolute atomic E-state index is 0.515. The lowest BCUT2D eigenvalue weighted by Crippen LogP contribution is -2.44. The average Bonchev–Trinajstić information content (AvgIpc) is 3.20. The van der Waals surface area contributed by atoms with Crippen molar-refractivity contribution in [1.29, 1.82) is 0 Å². The van der Waals surface area contributed by atoms with Gasteiger partial charge in [0.15, 0.2) is 0 Å². The van der Waals surface area contributed by atoms with Gasteiger partial charge in [-0.25, -0.2) is 0 Å². The molecule has 1 N–H and O–H groups in total. The van der Waals surface area contributed by atoms with Crippen LogP contribution in [0.1, 0.15) is 63.0 Å². The fourth-order valence-corrected chi connectivity index (χ4v) is 3.47. The number of hydrogen-bond donors (Lipinski definition) is 1. The van der Waals surface area contributed by atoms with Crippen molar-refractivity contribution < 1.29 is 5.11 Å². The summed E-state index contributed by atoms with van der Waals surface area (Å²) in [6, 6.07) is 0. The van der Waals surface area contributed by atoms with Gasteiger partial charge in [-0.1, -0.05) is 6.92 Å². The zero-order valence-electron chi connectivity index (χ0n) is 13.5. The Morgan fingerprint density at radius 3 is 2.52 bits per heavy atom. The lowest BCUT2D eigenvalue weighted by molar-refractivity contribution is -0.0320. The summed E-state index contributed by atoms with van der Waals surface area (Å²) in [6.07, 6.45) is 6.62. The summed E-state index contributed by atoms with van der Waals surface area (Å²) in [7, 11) is 4.13. The fraction of sp³-hybridized carbons (Fsp3) is 0.875. The Hall–Kier alpha value is -0.940. The maximum atomic E-state index is 10.7. The third-order valence-electron chi connectivity index (χ3n) is 5.12. The molecule has 0 aromatic carbocycles. The van der Waals surface area contributed by atoms with Crippen LogP contribution in [0.2, 0.25) is 0 Å². The molecule has 1 heterocycles. The number of aliphatic hydroxyl groups is 1. The van der Waals surface area contributed by atoms with Crippen LogP contribution in [0.25, 0.3) is 0 Å². The summed E-state index contributed by atoms with van der Waals surface area (Å²) in [6.45, 7) is 3.77. The molecule has 1 aromatic heterocycles. The average molecular weight is 292 g/mol. The van der Waals surface area contributed by atoms with Crippen molar-refractivity contribution in [3.05, 3.63) is 11.6 Å². The molecule has 0 aliphatic heterocycles. The van der Waals surface area contributed by atoms with Crippen molar-refractivity contribution in [1.82, 2.24) is 19.7 Å². The number of likely N-dealkylation sites (N-methyl/N-ethyl adjacent to an activating group) is 1. The van der Waals surface area contributed by atoms with Crippen LogP contribution >= 0.6 is 0 Å². The summed E-state index contributed by atoms with van der Waals surface area (Å²) < 4.78 is 2.14. The van der Waals surface area contributed by atoms with Gasteiger partial charge in [-0.2, -0.15) is 0 Å². The fourth-order valence-electron chi connectivity index (χ4n) is 3.47. The first-order chi connectivity index (χ1) is 9.97. The Kier molecular flexibility index (Phi) is 4.06. The molecule has 118 valence electrons. The van der Waals surface area contributed by atoms with Crippen molar-refractivity contribution in [3.8, 4) is 0 Å². The van der Waals surface area contributed by atoms with Gasteiger partial charge in [0.1, 0.15) is 11.6 Å². The second-order valence-corrected chi connectivity index (χ2v) is 7.39. The van der Waals surface area contributed by atoms with Gasteiger partial charge < -0.3 is 9.67 Å². The van der Waals surface area contributed by atoms with E-state index in [2.05, 4.69) is 40.7 Å². The van der Waals surface area contributed by atoms with E-state index in [0.717, 1.165) is 56.3 Å². The first-order valence-electron chi connectivity index (χ1n) is 8.26. The smallest absolute Gasteiger partial charge is 0.146 e. The lowest BCUT2D eigenvalue weighted by Gasteiger charge is -2.37. The van der Waals surface area contributed by atoms with Crippen LogP contribution in [0.5, 0.6) is 0 Å². The van der Waals surface area contributed by atoms with Crippen LogP contribution in [0.4, 0.5) is 0 Å². The van der Waals surface area contributed by atoms with E-state index in [1.807, 2.05) is 0 Å². The Labute approximate surface area is 127 Å². The molecule has 0 bridgehead atoms. The Morgan fingerprint density at radius 2 is 1.90 bits per heavy atom. The van der Waals surface area contributed by atoms with Crippen molar-refractivity contribution in [2.75, 3.05) is 13.6 Å². The number of aromatic nitrogens is 3. The van der Waals surface area contributed by atoms with E-state index < -0.39 is 5.60 Å². The molecule has 5 nitrogen and oxygen atoms in total. The molecular weight excluding hydrogens is 264 g/mol. The predicted molar refractivity (Wildman–Crippen MR) is 81.9 cm³/mol. The largest absolute Gasteiger partial charge is 0.389 e. The molecule has 2 aliphatic rings. The van der Waals surface area contributed by atoms with Crippen LogP contribution < -0.4 is 0 Å². The zero-order valence-corrected chi connectivity index (χ0v) is 13.5. The van der Waals surface area contributed by atoms with Gasteiger partial charge in [-0.05, 0) is 51.5 Å². The van der Waals surface area contributed by atoms with E-state index >= 15 is 0 Å². The van der Waals surface area contributed by atoms with E-state index in [-0.39, 0.29) is 0 Å². The summed E-state index contributed by atoms with van der Waals surface area (Å²) in [4.78, 5) is 2.19. The van der Waals surface area contributed by atoms with Crippen LogP contribution in [0, 0.1) is 5.92 Å². The van der Waals surface area contributed by atoms with E-state index in [1.54, 1.807) is 0 Å². The lowest BCUT2D eigenvalue weighted by atomic mass is 9.79. The Morgan fingerprint density at radius 1 is 1.24 bits per heavy atom. The molecule has 2 saturated carbocycles. The maximum absolute atomic E-state index is 10.7. The highest BCUT2D eigenvalue weighted by atomic mass is 16.3. The molecule has 2 aliphatic carbocycles. The van der Waals surface area contributed by atoms with Crippen LogP contribution in [0.3, 0.4) is 0 Å². The second kappa shape index (κ2) is 5.69. The third-order valence-corrected chi connectivity index (χ3v) is 5.12. The van der Waals surface area contributed by atoms with Gasteiger partial charge in [0, 0.05) is 19.5 Å². The molecule has 0 spiro atoms. The van der Waals surface area contributed by atoms with E-state index in [0.29, 0.717) is 5.92 Å². The summed E-state index contributed by atoms with van der Waals surface area (Å²) in [5.41, 5.74) is -0.515. The van der Waals surface area contributed by atoms with Crippen LogP contribution in [-0.2, 0) is 13.6 Å². The summed E-state index contributed by atoms with van der Waals surface area (Å²) >= 11 is 0. The highest BCUT2D eigenvalue weighted by Gasteiger charge is 2.33. The first-order valence-corrected chi connectivity index (χ1v) is 8.26. The molecule has 0 atom stereocenters. The molecule has 5 heteroatoms. The Bertz CT molecular complexity index is 486. The van der Waals surface area contributed by atoms with E-state index in [9.17, 15) is 5.11 Å². The maximum Gasteiger partial charge on any atom is 0.146 e. The molecule has 0 unspecified atom stereocenters. The minimum atomic E-state index is -0.515. The Balaban J connectivity index is 1.57. The quantitative estimate of drug-likeness (QED) is 0.902. The summed E-state index contributed by atoms with van der Waals surface area (Å²) in [5, 5.41) is 19.4. The van der Waals surface area contributed by atoms with Crippen LogP contribution in [-0.4, -0.2) is 44.0 Å². The van der Waals surface area contributed by atoms with Crippen molar-refractivity contribution in [3.63, 3.8) is 0 Å². The summed E-state index contributed by atoms with van der Waals surface area (Å²) in [5.74, 6) is 3.52. The first kappa shape index (κ1) is 15.0.